The Morgan fingerprint density at radius 3 is 3.11 bits per heavy atom. The fourth-order valence-electron chi connectivity index (χ4n) is 2.58. The van der Waals surface area contributed by atoms with E-state index in [1.165, 1.54) is 23.3 Å². The number of aryl methyl sites for hydroxylation is 1. The van der Waals surface area contributed by atoms with E-state index in [0.29, 0.717) is 16.6 Å². The predicted octanol–water partition coefficient (Wildman–Crippen LogP) is 4.76. The van der Waals surface area contributed by atoms with Gasteiger partial charge in [0.05, 0.1) is 22.3 Å². The smallest absolute Gasteiger partial charge is 0.103 e. The molecule has 0 bridgehead atoms. The lowest BCUT2D eigenvalue weighted by Crippen LogP contribution is -2.16. The molecule has 1 atom stereocenters. The summed E-state index contributed by atoms with van der Waals surface area (Å²) in [4.78, 5) is 1.46. The Bertz CT molecular complexity index is 642. The van der Waals surface area contributed by atoms with E-state index >= 15 is 0 Å². The van der Waals surface area contributed by atoms with Crippen molar-refractivity contribution in [1.82, 2.24) is 0 Å². The van der Waals surface area contributed by atoms with Gasteiger partial charge in [0.2, 0.25) is 0 Å². The minimum atomic E-state index is 0.292. The lowest BCUT2D eigenvalue weighted by Gasteiger charge is -2.25. The van der Waals surface area contributed by atoms with Gasteiger partial charge in [0, 0.05) is 4.88 Å². The van der Waals surface area contributed by atoms with Gasteiger partial charge >= 0.3 is 0 Å². The summed E-state index contributed by atoms with van der Waals surface area (Å²) in [7, 11) is 0. The van der Waals surface area contributed by atoms with E-state index in [2.05, 4.69) is 22.8 Å². The molecule has 1 heterocycles. The van der Waals surface area contributed by atoms with Gasteiger partial charge in [0.15, 0.2) is 0 Å². The molecule has 0 amide bonds. The molecule has 1 unspecified atom stereocenters. The second-order valence-corrected chi connectivity index (χ2v) is 6.07. The first kappa shape index (κ1) is 12.5. The van der Waals surface area contributed by atoms with Crippen LogP contribution in [0.1, 0.15) is 34.9 Å². The Kier molecular flexibility index (Phi) is 3.46. The summed E-state index contributed by atoms with van der Waals surface area (Å²) in [5.41, 5.74) is 2.74. The number of benzene rings is 1. The van der Waals surface area contributed by atoms with E-state index < -0.39 is 0 Å². The van der Waals surface area contributed by atoms with Crippen molar-refractivity contribution in [1.29, 1.82) is 5.26 Å². The number of nitrogens with zero attached hydrogens (tertiary/aromatic N) is 1. The zero-order chi connectivity index (χ0) is 13.2. The van der Waals surface area contributed by atoms with E-state index in [4.69, 9.17) is 11.6 Å². The molecule has 0 aliphatic heterocycles. The summed E-state index contributed by atoms with van der Waals surface area (Å²) in [5, 5.41) is 15.3. The molecule has 0 saturated heterocycles. The monoisotopic (exact) mass is 288 g/mol. The minimum absolute atomic E-state index is 0.292. The van der Waals surface area contributed by atoms with Crippen molar-refractivity contribution in [2.24, 2.45) is 0 Å². The Morgan fingerprint density at radius 1 is 1.37 bits per heavy atom. The maximum atomic E-state index is 9.21. The predicted molar refractivity (Wildman–Crippen MR) is 79.8 cm³/mol. The molecule has 19 heavy (non-hydrogen) atoms. The molecule has 2 nitrogen and oxygen atoms in total. The zero-order valence-corrected chi connectivity index (χ0v) is 11.9. The van der Waals surface area contributed by atoms with E-state index in [-0.39, 0.29) is 0 Å². The third-order valence-electron chi connectivity index (χ3n) is 3.51. The SMILES string of the molecule is N#Cc1c(Cl)cccc1NC1CCCc2sccc21. The van der Waals surface area contributed by atoms with Crippen molar-refractivity contribution in [3.05, 3.63) is 50.7 Å². The molecule has 0 spiro atoms. The van der Waals surface area contributed by atoms with Crippen LogP contribution in [0.5, 0.6) is 0 Å². The fraction of sp³-hybridized carbons (Fsp3) is 0.267. The number of halogens is 1. The quantitative estimate of drug-likeness (QED) is 0.864. The minimum Gasteiger partial charge on any atom is -0.377 e. The first-order valence-electron chi connectivity index (χ1n) is 6.31. The number of nitrogens with one attached hydrogen (secondary N) is 1. The second-order valence-electron chi connectivity index (χ2n) is 4.66. The topological polar surface area (TPSA) is 35.8 Å². The van der Waals surface area contributed by atoms with Crippen LogP contribution in [0.3, 0.4) is 0 Å². The first-order valence-corrected chi connectivity index (χ1v) is 7.57. The van der Waals surface area contributed by atoms with Crippen LogP contribution in [0.25, 0.3) is 0 Å². The summed E-state index contributed by atoms with van der Waals surface area (Å²) < 4.78 is 0. The molecule has 96 valence electrons. The zero-order valence-electron chi connectivity index (χ0n) is 10.3. The van der Waals surface area contributed by atoms with Gasteiger partial charge in [-0.1, -0.05) is 17.7 Å². The van der Waals surface area contributed by atoms with Gasteiger partial charge in [-0.05, 0) is 48.4 Å². The highest BCUT2D eigenvalue weighted by atomic mass is 35.5. The molecule has 0 fully saturated rings. The number of rotatable bonds is 2. The Hall–Kier alpha value is -1.50. The molecule has 1 N–H and O–H groups in total. The molecule has 1 aromatic carbocycles. The van der Waals surface area contributed by atoms with Gasteiger partial charge in [0.1, 0.15) is 6.07 Å². The lowest BCUT2D eigenvalue weighted by molar-refractivity contribution is 0.609. The molecular formula is C15H13ClN2S. The summed E-state index contributed by atoms with van der Waals surface area (Å²) in [5.74, 6) is 0. The third kappa shape index (κ3) is 2.34. The summed E-state index contributed by atoms with van der Waals surface area (Å²) in [6.45, 7) is 0. The van der Waals surface area contributed by atoms with Crippen LogP contribution >= 0.6 is 22.9 Å². The van der Waals surface area contributed by atoms with E-state index in [0.717, 1.165) is 12.1 Å². The van der Waals surface area contributed by atoms with Crippen LogP contribution in [0.15, 0.2) is 29.6 Å². The standard InChI is InChI=1S/C15H13ClN2S/c16-12-3-1-4-14(11(12)9-17)18-13-5-2-6-15-10(13)7-8-19-15/h1,3-4,7-8,13,18H,2,5-6H2. The molecule has 0 radical (unpaired) electrons. The highest BCUT2D eigenvalue weighted by Gasteiger charge is 2.22. The number of thiophene rings is 1. The van der Waals surface area contributed by atoms with Crippen LogP contribution in [0.4, 0.5) is 5.69 Å². The van der Waals surface area contributed by atoms with Gasteiger partial charge in [-0.3, -0.25) is 0 Å². The number of anilines is 1. The average molecular weight is 289 g/mol. The Morgan fingerprint density at radius 2 is 2.26 bits per heavy atom. The Balaban J connectivity index is 1.92. The third-order valence-corrected chi connectivity index (χ3v) is 4.82. The fourth-order valence-corrected chi connectivity index (χ4v) is 3.79. The first-order chi connectivity index (χ1) is 9.29. The van der Waals surface area contributed by atoms with E-state index in [1.54, 1.807) is 6.07 Å². The largest absolute Gasteiger partial charge is 0.377 e. The van der Waals surface area contributed by atoms with Crippen molar-refractivity contribution >= 4 is 28.6 Å². The number of hydrogen-bond donors (Lipinski definition) is 1. The van der Waals surface area contributed by atoms with Crippen LogP contribution in [0.2, 0.25) is 5.02 Å². The average Bonchev–Trinajstić information content (AvgIpc) is 2.88. The van der Waals surface area contributed by atoms with Crippen molar-refractivity contribution in [2.75, 3.05) is 5.32 Å². The van der Waals surface area contributed by atoms with E-state index in [9.17, 15) is 5.26 Å². The second kappa shape index (κ2) is 5.24. The Labute approximate surface area is 121 Å². The van der Waals surface area contributed by atoms with Gasteiger partial charge in [-0.15, -0.1) is 11.3 Å². The highest BCUT2D eigenvalue weighted by Crippen LogP contribution is 2.36. The van der Waals surface area contributed by atoms with Gasteiger partial charge < -0.3 is 5.32 Å². The molecule has 4 heteroatoms. The molecule has 3 rings (SSSR count). The number of hydrogen-bond acceptors (Lipinski definition) is 3. The molecule has 1 aliphatic carbocycles. The molecule has 1 aliphatic rings. The maximum absolute atomic E-state index is 9.21. The van der Waals surface area contributed by atoms with Crippen LogP contribution < -0.4 is 5.32 Å². The lowest BCUT2D eigenvalue weighted by atomic mass is 9.93. The van der Waals surface area contributed by atoms with Gasteiger partial charge in [-0.2, -0.15) is 5.26 Å². The van der Waals surface area contributed by atoms with Crippen molar-refractivity contribution in [3.63, 3.8) is 0 Å². The molecule has 0 saturated carbocycles. The summed E-state index contributed by atoms with van der Waals surface area (Å²) >= 11 is 7.89. The normalized spacial score (nSPS) is 17.6. The van der Waals surface area contributed by atoms with Crippen LogP contribution in [-0.4, -0.2) is 0 Å². The molecule has 1 aromatic heterocycles. The number of nitriles is 1. The summed E-state index contributed by atoms with van der Waals surface area (Å²) in [6.07, 6.45) is 3.46. The van der Waals surface area contributed by atoms with Crippen molar-refractivity contribution < 1.29 is 0 Å². The van der Waals surface area contributed by atoms with Gasteiger partial charge in [-0.25, -0.2) is 0 Å². The van der Waals surface area contributed by atoms with Crippen molar-refractivity contribution in [2.45, 2.75) is 25.3 Å². The summed E-state index contributed by atoms with van der Waals surface area (Å²) in [6, 6.07) is 10.2. The van der Waals surface area contributed by atoms with Crippen LogP contribution in [-0.2, 0) is 6.42 Å². The van der Waals surface area contributed by atoms with E-state index in [1.807, 2.05) is 23.5 Å². The maximum Gasteiger partial charge on any atom is 0.103 e. The highest BCUT2D eigenvalue weighted by molar-refractivity contribution is 7.10. The molecule has 2 aromatic rings. The van der Waals surface area contributed by atoms with Crippen LogP contribution in [0, 0.1) is 11.3 Å². The molecular weight excluding hydrogens is 276 g/mol. The van der Waals surface area contributed by atoms with Crippen molar-refractivity contribution in [3.8, 4) is 6.07 Å². The number of fused-ring (bicyclic) bond motifs is 1. The van der Waals surface area contributed by atoms with Gasteiger partial charge in [0.25, 0.3) is 0 Å².